The predicted octanol–water partition coefficient (Wildman–Crippen LogP) is 2.84. The van der Waals surface area contributed by atoms with E-state index in [-0.39, 0.29) is 6.54 Å². The van der Waals surface area contributed by atoms with Crippen molar-refractivity contribution in [3.05, 3.63) is 59.3 Å². The van der Waals surface area contributed by atoms with Crippen molar-refractivity contribution in [1.29, 1.82) is 5.26 Å². The van der Waals surface area contributed by atoms with Crippen LogP contribution in [0.5, 0.6) is 0 Å². The van der Waals surface area contributed by atoms with Crippen LogP contribution in [0.2, 0.25) is 0 Å². The number of rotatable bonds is 3. The zero-order valence-electron chi connectivity index (χ0n) is 9.32. The van der Waals surface area contributed by atoms with Crippen molar-refractivity contribution >= 4 is 5.82 Å². The number of pyridine rings is 1. The van der Waals surface area contributed by atoms with Crippen molar-refractivity contribution in [1.82, 2.24) is 4.98 Å². The monoisotopic (exact) mass is 245 g/mol. The lowest BCUT2D eigenvalue weighted by atomic mass is 10.2. The van der Waals surface area contributed by atoms with Gasteiger partial charge in [-0.15, -0.1) is 0 Å². The molecule has 2 aromatic rings. The summed E-state index contributed by atoms with van der Waals surface area (Å²) in [7, 11) is 0. The topological polar surface area (TPSA) is 48.7 Å². The lowest BCUT2D eigenvalue weighted by Gasteiger charge is -2.06. The van der Waals surface area contributed by atoms with E-state index < -0.39 is 11.6 Å². The lowest BCUT2D eigenvalue weighted by Crippen LogP contribution is -2.03. The first kappa shape index (κ1) is 12.0. The maximum atomic E-state index is 13.3. The number of anilines is 1. The highest BCUT2D eigenvalue weighted by atomic mass is 19.1. The van der Waals surface area contributed by atoms with Crippen LogP contribution in [0.3, 0.4) is 0 Å². The summed E-state index contributed by atoms with van der Waals surface area (Å²) in [6.07, 6.45) is 1.42. The van der Waals surface area contributed by atoms with Gasteiger partial charge in [0.15, 0.2) is 0 Å². The predicted molar refractivity (Wildman–Crippen MR) is 62.6 cm³/mol. The Labute approximate surface area is 103 Å². The molecule has 0 saturated heterocycles. The zero-order chi connectivity index (χ0) is 13.0. The molecular formula is C13H9F2N3. The maximum absolute atomic E-state index is 13.3. The van der Waals surface area contributed by atoms with Crippen molar-refractivity contribution in [2.24, 2.45) is 0 Å². The number of nitrogens with one attached hydrogen (secondary N) is 1. The summed E-state index contributed by atoms with van der Waals surface area (Å²) in [5, 5.41) is 11.5. The molecule has 0 aliphatic rings. The molecule has 0 radical (unpaired) electrons. The fourth-order valence-electron chi connectivity index (χ4n) is 1.42. The highest BCUT2D eigenvalue weighted by Gasteiger charge is 2.03. The summed E-state index contributed by atoms with van der Waals surface area (Å²) in [6.45, 7) is 0.199. The van der Waals surface area contributed by atoms with Crippen LogP contribution in [0.1, 0.15) is 11.1 Å². The first-order chi connectivity index (χ1) is 8.69. The second-order valence-electron chi connectivity index (χ2n) is 3.63. The van der Waals surface area contributed by atoms with Crippen LogP contribution in [0, 0.1) is 23.0 Å². The minimum absolute atomic E-state index is 0.199. The summed E-state index contributed by atoms with van der Waals surface area (Å²) in [5.41, 5.74) is 0.802. The molecule has 90 valence electrons. The van der Waals surface area contributed by atoms with E-state index >= 15 is 0 Å². The largest absolute Gasteiger partial charge is 0.366 e. The molecular weight excluding hydrogens is 236 g/mol. The third kappa shape index (κ3) is 2.80. The van der Waals surface area contributed by atoms with Crippen molar-refractivity contribution in [2.75, 3.05) is 5.32 Å². The van der Waals surface area contributed by atoms with Crippen LogP contribution in [-0.2, 0) is 6.54 Å². The van der Waals surface area contributed by atoms with Gasteiger partial charge in [0, 0.05) is 24.4 Å². The quantitative estimate of drug-likeness (QED) is 0.904. The van der Waals surface area contributed by atoms with Gasteiger partial charge in [0.1, 0.15) is 23.5 Å². The van der Waals surface area contributed by atoms with Crippen LogP contribution in [0.25, 0.3) is 0 Å². The highest BCUT2D eigenvalue weighted by Crippen LogP contribution is 2.12. The van der Waals surface area contributed by atoms with Gasteiger partial charge in [0.25, 0.3) is 0 Å². The average molecular weight is 245 g/mol. The van der Waals surface area contributed by atoms with E-state index in [0.29, 0.717) is 16.9 Å². The Morgan fingerprint density at radius 2 is 2.06 bits per heavy atom. The smallest absolute Gasteiger partial charge is 0.131 e. The molecule has 1 aromatic carbocycles. The summed E-state index contributed by atoms with van der Waals surface area (Å²) in [6, 6.07) is 8.60. The number of hydrogen-bond donors (Lipinski definition) is 1. The fraction of sp³-hybridized carbons (Fsp3) is 0.0769. The van der Waals surface area contributed by atoms with Gasteiger partial charge in [0.2, 0.25) is 0 Å². The van der Waals surface area contributed by atoms with Gasteiger partial charge in [-0.1, -0.05) is 6.07 Å². The molecule has 0 spiro atoms. The standard InChI is InChI=1S/C13H9F2N3/c14-11-3-2-10(12(15)5-11)8-18-13-4-1-9(6-16)7-17-13/h1-5,7H,8H2,(H,17,18). The van der Waals surface area contributed by atoms with E-state index in [9.17, 15) is 8.78 Å². The Hall–Kier alpha value is -2.48. The van der Waals surface area contributed by atoms with Gasteiger partial charge in [-0.05, 0) is 18.2 Å². The van der Waals surface area contributed by atoms with E-state index in [4.69, 9.17) is 5.26 Å². The zero-order valence-corrected chi connectivity index (χ0v) is 9.32. The second-order valence-corrected chi connectivity index (χ2v) is 3.63. The van der Waals surface area contributed by atoms with Gasteiger partial charge in [-0.25, -0.2) is 13.8 Å². The summed E-state index contributed by atoms with van der Waals surface area (Å²) in [5.74, 6) is -0.679. The summed E-state index contributed by atoms with van der Waals surface area (Å²) in [4.78, 5) is 3.98. The maximum Gasteiger partial charge on any atom is 0.131 e. The van der Waals surface area contributed by atoms with Gasteiger partial charge in [0.05, 0.1) is 5.56 Å². The number of nitrogens with zero attached hydrogens (tertiary/aromatic N) is 2. The van der Waals surface area contributed by atoms with E-state index in [1.165, 1.54) is 18.3 Å². The molecule has 5 heteroatoms. The van der Waals surface area contributed by atoms with Gasteiger partial charge < -0.3 is 5.32 Å². The number of nitriles is 1. The Morgan fingerprint density at radius 1 is 1.22 bits per heavy atom. The number of hydrogen-bond acceptors (Lipinski definition) is 3. The van der Waals surface area contributed by atoms with Crippen molar-refractivity contribution < 1.29 is 8.78 Å². The molecule has 0 bridgehead atoms. The van der Waals surface area contributed by atoms with E-state index in [1.807, 2.05) is 6.07 Å². The Morgan fingerprint density at radius 3 is 2.67 bits per heavy atom. The van der Waals surface area contributed by atoms with Crippen molar-refractivity contribution in [2.45, 2.75) is 6.54 Å². The minimum Gasteiger partial charge on any atom is -0.366 e. The molecule has 0 saturated carbocycles. The lowest BCUT2D eigenvalue weighted by molar-refractivity contribution is 0.574. The Balaban J connectivity index is 2.04. The SMILES string of the molecule is N#Cc1ccc(NCc2ccc(F)cc2F)nc1. The number of aromatic nitrogens is 1. The third-order valence-electron chi connectivity index (χ3n) is 2.37. The molecule has 0 unspecified atom stereocenters. The van der Waals surface area contributed by atoms with E-state index in [1.54, 1.807) is 12.1 Å². The summed E-state index contributed by atoms with van der Waals surface area (Å²) < 4.78 is 26.0. The molecule has 18 heavy (non-hydrogen) atoms. The minimum atomic E-state index is -0.604. The molecule has 0 atom stereocenters. The van der Waals surface area contributed by atoms with E-state index in [2.05, 4.69) is 10.3 Å². The first-order valence-electron chi connectivity index (χ1n) is 5.23. The first-order valence-corrected chi connectivity index (χ1v) is 5.23. The van der Waals surface area contributed by atoms with Crippen LogP contribution in [0.4, 0.5) is 14.6 Å². The molecule has 1 heterocycles. The summed E-state index contributed by atoms with van der Waals surface area (Å²) >= 11 is 0. The van der Waals surface area contributed by atoms with Crippen LogP contribution >= 0.6 is 0 Å². The molecule has 0 aliphatic heterocycles. The molecule has 1 N–H and O–H groups in total. The van der Waals surface area contributed by atoms with E-state index in [0.717, 1.165) is 6.07 Å². The molecule has 1 aromatic heterocycles. The van der Waals surface area contributed by atoms with Crippen molar-refractivity contribution in [3.63, 3.8) is 0 Å². The van der Waals surface area contributed by atoms with Gasteiger partial charge in [-0.2, -0.15) is 5.26 Å². The molecule has 0 aliphatic carbocycles. The fourth-order valence-corrected chi connectivity index (χ4v) is 1.42. The van der Waals surface area contributed by atoms with Gasteiger partial charge >= 0.3 is 0 Å². The molecule has 2 rings (SSSR count). The average Bonchev–Trinajstić information content (AvgIpc) is 2.38. The van der Waals surface area contributed by atoms with Gasteiger partial charge in [-0.3, -0.25) is 0 Å². The van der Waals surface area contributed by atoms with Crippen LogP contribution in [-0.4, -0.2) is 4.98 Å². The Kier molecular flexibility index (Phi) is 3.49. The van der Waals surface area contributed by atoms with Crippen LogP contribution in [0.15, 0.2) is 36.5 Å². The highest BCUT2D eigenvalue weighted by molar-refractivity contribution is 5.39. The van der Waals surface area contributed by atoms with Crippen molar-refractivity contribution in [3.8, 4) is 6.07 Å². The molecule has 0 amide bonds. The number of benzene rings is 1. The second kappa shape index (κ2) is 5.23. The third-order valence-corrected chi connectivity index (χ3v) is 2.37. The van der Waals surface area contributed by atoms with Crippen LogP contribution < -0.4 is 5.32 Å². The number of halogens is 2. The molecule has 3 nitrogen and oxygen atoms in total. The molecule has 0 fully saturated rings. The Bertz CT molecular complexity index is 588. The normalized spacial score (nSPS) is 9.83.